The predicted molar refractivity (Wildman–Crippen MR) is 67.5 cm³/mol. The molecule has 18 heavy (non-hydrogen) atoms. The lowest BCUT2D eigenvalue weighted by molar-refractivity contribution is 0.549. The Morgan fingerprint density at radius 1 is 1.33 bits per heavy atom. The molecule has 1 aliphatic carbocycles. The highest BCUT2D eigenvalue weighted by atomic mass is 32.2. The second-order valence-electron chi connectivity index (χ2n) is 4.46. The minimum atomic E-state index is -3.16. The van der Waals surface area contributed by atoms with Crippen molar-refractivity contribution in [2.75, 3.05) is 18.8 Å². The lowest BCUT2D eigenvalue weighted by Crippen LogP contribution is -2.31. The number of hydrogen-bond acceptors (Lipinski definition) is 5. The van der Waals surface area contributed by atoms with Crippen molar-refractivity contribution in [2.45, 2.75) is 31.8 Å². The summed E-state index contributed by atoms with van der Waals surface area (Å²) < 4.78 is 27.4. The standard InChI is InChI=1S/C10H19N5O2S/c16-18(17,9-1-4-11-10-2-3-10)13-6-8-15-7-5-12-14-15/h5,7,10-11,13H,1-4,6,8-9H2. The van der Waals surface area contributed by atoms with Gasteiger partial charge < -0.3 is 5.32 Å². The Labute approximate surface area is 107 Å². The van der Waals surface area contributed by atoms with Crippen LogP contribution in [0.1, 0.15) is 19.3 Å². The summed E-state index contributed by atoms with van der Waals surface area (Å²) in [4.78, 5) is 0. The van der Waals surface area contributed by atoms with Gasteiger partial charge in [0.1, 0.15) is 0 Å². The molecule has 1 aliphatic rings. The van der Waals surface area contributed by atoms with Crippen molar-refractivity contribution < 1.29 is 8.42 Å². The van der Waals surface area contributed by atoms with E-state index in [1.165, 1.54) is 12.8 Å². The Hall–Kier alpha value is -0.990. The van der Waals surface area contributed by atoms with E-state index in [-0.39, 0.29) is 5.75 Å². The molecule has 2 rings (SSSR count). The van der Waals surface area contributed by atoms with E-state index in [0.717, 1.165) is 6.54 Å². The van der Waals surface area contributed by atoms with E-state index in [9.17, 15) is 8.42 Å². The quantitative estimate of drug-likeness (QED) is 0.583. The molecular formula is C10H19N5O2S. The molecule has 0 unspecified atom stereocenters. The van der Waals surface area contributed by atoms with Crippen LogP contribution in [0.4, 0.5) is 0 Å². The summed E-state index contributed by atoms with van der Waals surface area (Å²) in [6.45, 7) is 1.62. The van der Waals surface area contributed by atoms with E-state index in [0.29, 0.717) is 25.6 Å². The largest absolute Gasteiger partial charge is 0.314 e. The van der Waals surface area contributed by atoms with Gasteiger partial charge in [-0.05, 0) is 25.8 Å². The van der Waals surface area contributed by atoms with Crippen molar-refractivity contribution in [3.63, 3.8) is 0 Å². The molecule has 1 aromatic rings. The van der Waals surface area contributed by atoms with Crippen LogP contribution in [0.25, 0.3) is 0 Å². The van der Waals surface area contributed by atoms with Crippen LogP contribution in [-0.4, -0.2) is 48.3 Å². The first-order valence-electron chi connectivity index (χ1n) is 6.20. The Morgan fingerprint density at radius 2 is 2.17 bits per heavy atom. The maximum atomic E-state index is 11.6. The van der Waals surface area contributed by atoms with Crippen LogP contribution in [0.3, 0.4) is 0 Å². The monoisotopic (exact) mass is 273 g/mol. The Kier molecular flexibility index (Phi) is 4.67. The summed E-state index contributed by atoms with van der Waals surface area (Å²) in [5, 5.41) is 10.7. The molecule has 102 valence electrons. The molecule has 0 atom stereocenters. The molecule has 0 amide bonds. The third-order valence-corrected chi connectivity index (χ3v) is 4.21. The van der Waals surface area contributed by atoms with E-state index < -0.39 is 10.0 Å². The molecule has 0 saturated heterocycles. The molecule has 1 saturated carbocycles. The van der Waals surface area contributed by atoms with Crippen LogP contribution in [-0.2, 0) is 16.6 Å². The number of aromatic nitrogens is 3. The summed E-state index contributed by atoms with van der Waals surface area (Å²) >= 11 is 0. The van der Waals surface area contributed by atoms with Gasteiger partial charge in [-0.2, -0.15) is 0 Å². The average Bonchev–Trinajstić information content (AvgIpc) is 3.01. The molecule has 0 aliphatic heterocycles. The molecule has 0 radical (unpaired) electrons. The van der Waals surface area contributed by atoms with E-state index in [4.69, 9.17) is 0 Å². The lowest BCUT2D eigenvalue weighted by Gasteiger charge is -2.07. The first-order chi connectivity index (χ1) is 8.66. The van der Waals surface area contributed by atoms with Gasteiger partial charge in [-0.3, -0.25) is 4.68 Å². The Morgan fingerprint density at radius 3 is 2.83 bits per heavy atom. The van der Waals surface area contributed by atoms with Crippen LogP contribution in [0, 0.1) is 0 Å². The molecular weight excluding hydrogens is 254 g/mol. The number of hydrogen-bond donors (Lipinski definition) is 2. The smallest absolute Gasteiger partial charge is 0.211 e. The molecule has 2 N–H and O–H groups in total. The zero-order valence-electron chi connectivity index (χ0n) is 10.2. The van der Waals surface area contributed by atoms with Gasteiger partial charge in [-0.1, -0.05) is 5.21 Å². The highest BCUT2D eigenvalue weighted by Crippen LogP contribution is 2.18. The summed E-state index contributed by atoms with van der Waals surface area (Å²) in [5.74, 6) is 0.171. The molecule has 7 nitrogen and oxygen atoms in total. The van der Waals surface area contributed by atoms with Gasteiger partial charge in [-0.15, -0.1) is 5.10 Å². The maximum Gasteiger partial charge on any atom is 0.211 e. The van der Waals surface area contributed by atoms with Gasteiger partial charge in [-0.25, -0.2) is 13.1 Å². The Balaban J connectivity index is 1.57. The molecule has 0 spiro atoms. The summed E-state index contributed by atoms with van der Waals surface area (Å²) in [5.41, 5.74) is 0. The first kappa shape index (κ1) is 13.4. The zero-order valence-corrected chi connectivity index (χ0v) is 11.1. The highest BCUT2D eigenvalue weighted by molar-refractivity contribution is 7.89. The van der Waals surface area contributed by atoms with Crippen LogP contribution >= 0.6 is 0 Å². The van der Waals surface area contributed by atoms with Crippen molar-refractivity contribution >= 4 is 10.0 Å². The van der Waals surface area contributed by atoms with Crippen molar-refractivity contribution in [1.29, 1.82) is 0 Å². The van der Waals surface area contributed by atoms with Crippen molar-refractivity contribution in [1.82, 2.24) is 25.0 Å². The third kappa shape index (κ3) is 5.11. The van der Waals surface area contributed by atoms with Crippen LogP contribution in [0.2, 0.25) is 0 Å². The van der Waals surface area contributed by atoms with Gasteiger partial charge in [0.25, 0.3) is 0 Å². The van der Waals surface area contributed by atoms with Crippen molar-refractivity contribution in [3.05, 3.63) is 12.4 Å². The summed E-state index contributed by atoms with van der Waals surface area (Å²) in [6.07, 6.45) is 6.37. The predicted octanol–water partition coefficient (Wildman–Crippen LogP) is -0.660. The second-order valence-corrected chi connectivity index (χ2v) is 6.39. The minimum absolute atomic E-state index is 0.171. The molecule has 1 fully saturated rings. The molecule has 1 heterocycles. The fourth-order valence-electron chi connectivity index (χ4n) is 1.60. The third-order valence-electron chi connectivity index (χ3n) is 2.74. The Bertz CT molecular complexity index is 441. The van der Waals surface area contributed by atoms with Crippen LogP contribution in [0.15, 0.2) is 12.4 Å². The first-order valence-corrected chi connectivity index (χ1v) is 7.86. The number of nitrogens with zero attached hydrogens (tertiary/aromatic N) is 3. The summed E-state index contributed by atoms with van der Waals surface area (Å²) in [6, 6.07) is 0.632. The van der Waals surface area contributed by atoms with E-state index in [1.54, 1.807) is 17.1 Å². The van der Waals surface area contributed by atoms with Gasteiger partial charge in [0, 0.05) is 18.8 Å². The average molecular weight is 273 g/mol. The van der Waals surface area contributed by atoms with E-state index in [1.807, 2.05) is 0 Å². The fourth-order valence-corrected chi connectivity index (χ4v) is 2.67. The number of nitrogens with one attached hydrogen (secondary N) is 2. The zero-order chi connectivity index (χ0) is 12.8. The molecule has 0 bridgehead atoms. The van der Waals surface area contributed by atoms with Crippen molar-refractivity contribution in [2.24, 2.45) is 0 Å². The number of rotatable bonds is 9. The SMILES string of the molecule is O=S(=O)(CCCNC1CC1)NCCn1ccnn1. The van der Waals surface area contributed by atoms with Crippen LogP contribution in [0.5, 0.6) is 0 Å². The van der Waals surface area contributed by atoms with Gasteiger partial charge >= 0.3 is 0 Å². The van der Waals surface area contributed by atoms with Gasteiger partial charge in [0.05, 0.1) is 18.5 Å². The normalized spacial score (nSPS) is 16.0. The maximum absolute atomic E-state index is 11.6. The lowest BCUT2D eigenvalue weighted by atomic mass is 10.5. The minimum Gasteiger partial charge on any atom is -0.314 e. The van der Waals surface area contributed by atoms with Crippen LogP contribution < -0.4 is 10.0 Å². The molecule has 8 heteroatoms. The number of sulfonamides is 1. The highest BCUT2D eigenvalue weighted by Gasteiger charge is 2.20. The molecule has 1 aromatic heterocycles. The fraction of sp³-hybridized carbons (Fsp3) is 0.800. The van der Waals surface area contributed by atoms with E-state index >= 15 is 0 Å². The van der Waals surface area contributed by atoms with Crippen molar-refractivity contribution in [3.8, 4) is 0 Å². The van der Waals surface area contributed by atoms with Gasteiger partial charge in [0.2, 0.25) is 10.0 Å². The summed E-state index contributed by atoms with van der Waals surface area (Å²) in [7, 11) is -3.16. The topological polar surface area (TPSA) is 88.9 Å². The molecule has 0 aromatic carbocycles. The van der Waals surface area contributed by atoms with Gasteiger partial charge in [0.15, 0.2) is 0 Å². The second kappa shape index (κ2) is 6.26. The van der Waals surface area contributed by atoms with E-state index in [2.05, 4.69) is 20.4 Å².